The minimum Gasteiger partial charge on any atom is -0.310 e. The van der Waals surface area contributed by atoms with E-state index in [-0.39, 0.29) is 0 Å². The summed E-state index contributed by atoms with van der Waals surface area (Å²) in [6.07, 6.45) is 3.39. The molecular weight excluding hydrogens is 206 g/mol. The van der Waals surface area contributed by atoms with Gasteiger partial charge in [-0.1, -0.05) is 47.9 Å². The van der Waals surface area contributed by atoms with Gasteiger partial charge in [-0.25, -0.2) is 0 Å². The van der Waals surface area contributed by atoms with Crippen molar-refractivity contribution in [1.29, 1.82) is 0 Å². The van der Waals surface area contributed by atoms with Gasteiger partial charge < -0.3 is 5.32 Å². The van der Waals surface area contributed by atoms with E-state index in [4.69, 9.17) is 0 Å². The van der Waals surface area contributed by atoms with Gasteiger partial charge in [0.05, 0.1) is 0 Å². The van der Waals surface area contributed by atoms with Crippen molar-refractivity contribution in [3.63, 3.8) is 0 Å². The Bertz CT molecular complexity index is 366. The van der Waals surface area contributed by atoms with Crippen LogP contribution in [0.3, 0.4) is 0 Å². The number of hydrogen-bond acceptors (Lipinski definition) is 1. The zero-order valence-corrected chi connectivity index (χ0v) is 11.8. The maximum atomic E-state index is 3.52. The Kier molecular flexibility index (Phi) is 5.43. The van der Waals surface area contributed by atoms with Crippen LogP contribution in [0.25, 0.3) is 0 Å². The molecule has 0 aromatic heterocycles. The van der Waals surface area contributed by atoms with Crippen LogP contribution in [0.2, 0.25) is 0 Å². The molecule has 0 bridgehead atoms. The van der Waals surface area contributed by atoms with E-state index in [1.54, 1.807) is 0 Å². The van der Waals surface area contributed by atoms with Gasteiger partial charge in [-0.05, 0) is 46.2 Å². The van der Waals surface area contributed by atoms with Gasteiger partial charge in [-0.15, -0.1) is 0 Å². The van der Waals surface area contributed by atoms with Gasteiger partial charge in [0, 0.05) is 6.04 Å². The second-order valence-corrected chi connectivity index (χ2v) is 5.11. The Balaban J connectivity index is 2.81. The molecule has 0 saturated heterocycles. The largest absolute Gasteiger partial charge is 0.310 e. The lowest BCUT2D eigenvalue weighted by Gasteiger charge is -2.15. The molecule has 1 rings (SSSR count). The lowest BCUT2D eigenvalue weighted by molar-refractivity contribution is 0.609. The summed E-state index contributed by atoms with van der Waals surface area (Å²) < 4.78 is 0. The van der Waals surface area contributed by atoms with Crippen LogP contribution < -0.4 is 5.32 Å². The molecule has 0 aliphatic rings. The summed E-state index contributed by atoms with van der Waals surface area (Å²) in [5, 5.41) is 3.52. The number of likely N-dealkylation sites (N-methyl/N-ethyl adjacent to an activating group) is 1. The average Bonchev–Trinajstić information content (AvgIpc) is 2.14. The quantitative estimate of drug-likeness (QED) is 0.760. The second-order valence-electron chi connectivity index (χ2n) is 5.11. The molecule has 94 valence electrons. The first-order chi connectivity index (χ1) is 8.01. The van der Waals surface area contributed by atoms with E-state index in [2.05, 4.69) is 64.2 Å². The zero-order valence-electron chi connectivity index (χ0n) is 11.8. The van der Waals surface area contributed by atoms with Gasteiger partial charge >= 0.3 is 0 Å². The molecule has 0 amide bonds. The second kappa shape index (κ2) is 6.61. The lowest BCUT2D eigenvalue weighted by atomic mass is 10.00. The van der Waals surface area contributed by atoms with Crippen LogP contribution in [-0.4, -0.2) is 12.6 Å². The molecule has 1 aromatic carbocycles. The Labute approximate surface area is 106 Å². The lowest BCUT2D eigenvalue weighted by Crippen LogP contribution is -2.29. The minimum absolute atomic E-state index is 0.450. The van der Waals surface area contributed by atoms with E-state index in [1.807, 2.05) is 0 Å². The van der Waals surface area contributed by atoms with Gasteiger partial charge in [-0.2, -0.15) is 0 Å². The van der Waals surface area contributed by atoms with Crippen LogP contribution in [0.15, 0.2) is 29.8 Å². The third kappa shape index (κ3) is 5.18. The van der Waals surface area contributed by atoms with Crippen molar-refractivity contribution in [1.82, 2.24) is 5.32 Å². The highest BCUT2D eigenvalue weighted by molar-refractivity contribution is 5.29. The highest BCUT2D eigenvalue weighted by atomic mass is 14.9. The van der Waals surface area contributed by atoms with Gasteiger partial charge in [-0.3, -0.25) is 0 Å². The molecule has 0 spiro atoms. The van der Waals surface area contributed by atoms with Gasteiger partial charge in [0.15, 0.2) is 0 Å². The normalized spacial score (nSPS) is 12.3. The van der Waals surface area contributed by atoms with Crippen molar-refractivity contribution in [3.8, 4) is 0 Å². The van der Waals surface area contributed by atoms with Gasteiger partial charge in [0.1, 0.15) is 0 Å². The standard InChI is InChI=1S/C16H25N/c1-6-17-16(7-12(2)3)11-15-9-13(4)8-14(5)10-15/h7-10,16-17H,6,11H2,1-5H3. The molecular formula is C16H25N. The minimum atomic E-state index is 0.450. The third-order valence-corrected chi connectivity index (χ3v) is 2.74. The van der Waals surface area contributed by atoms with E-state index < -0.39 is 0 Å². The number of hydrogen-bond donors (Lipinski definition) is 1. The Morgan fingerprint density at radius 1 is 1.18 bits per heavy atom. The molecule has 17 heavy (non-hydrogen) atoms. The van der Waals surface area contributed by atoms with E-state index in [0.29, 0.717) is 6.04 Å². The number of rotatable bonds is 5. The molecule has 1 nitrogen and oxygen atoms in total. The summed E-state index contributed by atoms with van der Waals surface area (Å²) >= 11 is 0. The molecule has 1 heteroatoms. The van der Waals surface area contributed by atoms with Crippen LogP contribution in [0, 0.1) is 13.8 Å². The summed E-state index contributed by atoms with van der Waals surface area (Å²) in [4.78, 5) is 0. The van der Waals surface area contributed by atoms with E-state index >= 15 is 0 Å². The smallest absolute Gasteiger partial charge is 0.0292 e. The maximum absolute atomic E-state index is 3.52. The molecule has 1 atom stereocenters. The fraction of sp³-hybridized carbons (Fsp3) is 0.500. The molecule has 1 N–H and O–H groups in total. The van der Waals surface area contributed by atoms with Crippen LogP contribution in [0.4, 0.5) is 0 Å². The number of allylic oxidation sites excluding steroid dienone is 1. The fourth-order valence-electron chi connectivity index (χ4n) is 2.30. The molecule has 0 saturated carbocycles. The van der Waals surface area contributed by atoms with Crippen molar-refractivity contribution < 1.29 is 0 Å². The topological polar surface area (TPSA) is 12.0 Å². The Morgan fingerprint density at radius 2 is 1.76 bits per heavy atom. The van der Waals surface area contributed by atoms with Crippen molar-refractivity contribution in [2.45, 2.75) is 47.1 Å². The highest BCUT2D eigenvalue weighted by Crippen LogP contribution is 2.12. The Morgan fingerprint density at radius 3 is 2.24 bits per heavy atom. The summed E-state index contributed by atoms with van der Waals surface area (Å²) in [5.74, 6) is 0. The van der Waals surface area contributed by atoms with Gasteiger partial charge in [0.2, 0.25) is 0 Å². The number of aryl methyl sites for hydroxylation is 2. The van der Waals surface area contributed by atoms with E-state index in [1.165, 1.54) is 22.3 Å². The summed E-state index contributed by atoms with van der Waals surface area (Å²) in [7, 11) is 0. The highest BCUT2D eigenvalue weighted by Gasteiger charge is 2.05. The van der Waals surface area contributed by atoms with Crippen molar-refractivity contribution in [2.24, 2.45) is 0 Å². The van der Waals surface area contributed by atoms with Crippen LogP contribution in [0.1, 0.15) is 37.5 Å². The van der Waals surface area contributed by atoms with Crippen molar-refractivity contribution in [2.75, 3.05) is 6.54 Å². The average molecular weight is 231 g/mol. The van der Waals surface area contributed by atoms with E-state index in [9.17, 15) is 0 Å². The monoisotopic (exact) mass is 231 g/mol. The molecule has 0 fully saturated rings. The third-order valence-electron chi connectivity index (χ3n) is 2.74. The predicted molar refractivity (Wildman–Crippen MR) is 76.5 cm³/mol. The molecule has 1 unspecified atom stereocenters. The molecule has 1 aromatic rings. The van der Waals surface area contributed by atoms with Crippen LogP contribution in [0.5, 0.6) is 0 Å². The summed E-state index contributed by atoms with van der Waals surface area (Å²) in [6, 6.07) is 7.25. The zero-order chi connectivity index (χ0) is 12.8. The number of nitrogens with one attached hydrogen (secondary N) is 1. The van der Waals surface area contributed by atoms with Crippen molar-refractivity contribution >= 4 is 0 Å². The molecule has 0 radical (unpaired) electrons. The first kappa shape index (κ1) is 14.0. The summed E-state index contributed by atoms with van der Waals surface area (Å²) in [5.41, 5.74) is 5.51. The van der Waals surface area contributed by atoms with E-state index in [0.717, 1.165) is 13.0 Å². The summed E-state index contributed by atoms with van der Waals surface area (Å²) in [6.45, 7) is 11.8. The molecule has 0 aliphatic heterocycles. The Hall–Kier alpha value is -1.08. The van der Waals surface area contributed by atoms with Crippen molar-refractivity contribution in [3.05, 3.63) is 46.5 Å². The predicted octanol–water partition coefficient (Wildman–Crippen LogP) is 3.79. The maximum Gasteiger partial charge on any atom is 0.0292 e. The van der Waals surface area contributed by atoms with Crippen LogP contribution >= 0.6 is 0 Å². The molecule has 0 heterocycles. The fourth-order valence-corrected chi connectivity index (χ4v) is 2.30. The first-order valence-corrected chi connectivity index (χ1v) is 6.47. The van der Waals surface area contributed by atoms with Gasteiger partial charge in [0.25, 0.3) is 0 Å². The van der Waals surface area contributed by atoms with Crippen LogP contribution in [-0.2, 0) is 6.42 Å². The SMILES string of the molecule is CCNC(C=C(C)C)Cc1cc(C)cc(C)c1. The first-order valence-electron chi connectivity index (χ1n) is 6.47. The molecule has 0 aliphatic carbocycles. The number of benzene rings is 1.